The molecule has 0 unspecified atom stereocenters. The first-order valence-corrected chi connectivity index (χ1v) is 7.11. The van der Waals surface area contributed by atoms with Gasteiger partial charge in [0.1, 0.15) is 0 Å². The van der Waals surface area contributed by atoms with Crippen molar-refractivity contribution in [2.45, 2.75) is 42.8 Å². The van der Waals surface area contributed by atoms with Crippen LogP contribution in [-0.2, 0) is 0 Å². The predicted octanol–water partition coefficient (Wildman–Crippen LogP) is 3.65. The largest absolute Gasteiger partial charge is 0.317 e. The quantitative estimate of drug-likeness (QED) is 0.858. The highest BCUT2D eigenvalue weighted by atomic mass is 32.2. The summed E-state index contributed by atoms with van der Waals surface area (Å²) in [4.78, 5) is 1.43. The fourth-order valence-electron chi connectivity index (χ4n) is 2.04. The molecule has 0 amide bonds. The van der Waals surface area contributed by atoms with Gasteiger partial charge in [0.25, 0.3) is 0 Å². The third-order valence-corrected chi connectivity index (χ3v) is 4.48. The van der Waals surface area contributed by atoms with Crippen LogP contribution in [0.5, 0.6) is 0 Å². The second-order valence-electron chi connectivity index (χ2n) is 4.79. The van der Waals surface area contributed by atoms with Crippen molar-refractivity contribution in [3.05, 3.63) is 29.8 Å². The van der Waals surface area contributed by atoms with E-state index in [1.165, 1.54) is 36.4 Å². The molecular weight excluding hydrogens is 214 g/mol. The van der Waals surface area contributed by atoms with Gasteiger partial charge in [0.05, 0.1) is 0 Å². The lowest BCUT2D eigenvalue weighted by molar-refractivity contribution is 0.531. The molecule has 0 aromatic heterocycles. The summed E-state index contributed by atoms with van der Waals surface area (Å²) in [5.41, 5.74) is 1.44. The third-order valence-electron chi connectivity index (χ3n) is 3.14. The molecule has 0 aliphatic carbocycles. The molecular formula is C14H21NS. The van der Waals surface area contributed by atoms with Crippen LogP contribution in [0.15, 0.2) is 29.2 Å². The summed E-state index contributed by atoms with van der Waals surface area (Å²) in [7, 11) is 0. The van der Waals surface area contributed by atoms with E-state index in [-0.39, 0.29) is 0 Å². The molecule has 1 aromatic rings. The summed E-state index contributed by atoms with van der Waals surface area (Å²) in [6.45, 7) is 6.85. The van der Waals surface area contributed by atoms with Crippen LogP contribution in [-0.4, -0.2) is 18.3 Å². The van der Waals surface area contributed by atoms with Crippen LogP contribution in [0, 0.1) is 0 Å². The summed E-state index contributed by atoms with van der Waals surface area (Å²) in [6, 6.07) is 9.10. The topological polar surface area (TPSA) is 12.0 Å². The molecule has 1 aliphatic rings. The van der Waals surface area contributed by atoms with Crippen LogP contribution in [0.2, 0.25) is 0 Å². The Morgan fingerprint density at radius 2 is 1.75 bits per heavy atom. The number of hydrogen-bond acceptors (Lipinski definition) is 2. The Bertz CT molecular complexity index is 312. The Hall–Kier alpha value is -0.470. The lowest BCUT2D eigenvalue weighted by atomic mass is 10.0. The summed E-state index contributed by atoms with van der Waals surface area (Å²) in [5, 5.41) is 4.22. The second kappa shape index (κ2) is 5.74. The van der Waals surface area contributed by atoms with Gasteiger partial charge >= 0.3 is 0 Å². The van der Waals surface area contributed by atoms with Gasteiger partial charge < -0.3 is 5.32 Å². The van der Waals surface area contributed by atoms with Gasteiger partial charge in [-0.15, -0.1) is 11.8 Å². The van der Waals surface area contributed by atoms with Crippen molar-refractivity contribution < 1.29 is 0 Å². The minimum atomic E-state index is 0.637. The molecule has 16 heavy (non-hydrogen) atoms. The zero-order valence-electron chi connectivity index (χ0n) is 10.2. The van der Waals surface area contributed by atoms with E-state index in [0.29, 0.717) is 5.92 Å². The molecule has 0 saturated carbocycles. The van der Waals surface area contributed by atoms with Gasteiger partial charge in [0.2, 0.25) is 0 Å². The number of hydrogen-bond donors (Lipinski definition) is 1. The Labute approximate surface area is 103 Å². The molecule has 1 heterocycles. The van der Waals surface area contributed by atoms with Crippen molar-refractivity contribution >= 4 is 11.8 Å². The first kappa shape index (κ1) is 12.0. The van der Waals surface area contributed by atoms with E-state index in [2.05, 4.69) is 43.4 Å². The third kappa shape index (κ3) is 3.26. The van der Waals surface area contributed by atoms with Crippen LogP contribution >= 0.6 is 11.8 Å². The molecule has 2 heteroatoms. The standard InChI is InChI=1S/C14H21NS/c1-11(2)12-3-5-13(6-4-12)16-14-7-9-15-10-8-14/h3-6,11,14-15H,7-10H2,1-2H3. The van der Waals surface area contributed by atoms with Gasteiger partial charge in [-0.25, -0.2) is 0 Å². The zero-order chi connectivity index (χ0) is 11.4. The molecule has 1 aliphatic heterocycles. The average Bonchev–Trinajstić information content (AvgIpc) is 2.31. The van der Waals surface area contributed by atoms with Crippen molar-refractivity contribution in [2.75, 3.05) is 13.1 Å². The smallest absolute Gasteiger partial charge is 0.0118 e. The highest BCUT2D eigenvalue weighted by Crippen LogP contribution is 2.29. The summed E-state index contributed by atoms with van der Waals surface area (Å²) in [6.07, 6.45) is 2.60. The summed E-state index contributed by atoms with van der Waals surface area (Å²) in [5.74, 6) is 0.637. The minimum absolute atomic E-state index is 0.637. The maximum atomic E-state index is 3.41. The molecule has 1 nitrogen and oxygen atoms in total. The normalized spacial score (nSPS) is 17.9. The summed E-state index contributed by atoms with van der Waals surface area (Å²) < 4.78 is 0. The maximum absolute atomic E-state index is 3.41. The van der Waals surface area contributed by atoms with Crippen molar-refractivity contribution in [1.82, 2.24) is 5.32 Å². The molecule has 1 N–H and O–H groups in total. The van der Waals surface area contributed by atoms with Gasteiger partial charge in [-0.05, 0) is 49.5 Å². The van der Waals surface area contributed by atoms with Gasteiger partial charge in [-0.3, -0.25) is 0 Å². The molecule has 0 spiro atoms. The number of rotatable bonds is 3. The number of benzene rings is 1. The predicted molar refractivity (Wildman–Crippen MR) is 72.3 cm³/mol. The molecule has 0 radical (unpaired) electrons. The molecule has 0 bridgehead atoms. The van der Waals surface area contributed by atoms with E-state index < -0.39 is 0 Å². The van der Waals surface area contributed by atoms with E-state index in [0.717, 1.165) is 5.25 Å². The maximum Gasteiger partial charge on any atom is 0.0118 e. The lowest BCUT2D eigenvalue weighted by Crippen LogP contribution is -2.29. The summed E-state index contributed by atoms with van der Waals surface area (Å²) >= 11 is 2.04. The van der Waals surface area contributed by atoms with Crippen LogP contribution in [0.1, 0.15) is 38.2 Å². The molecule has 0 atom stereocenters. The fraction of sp³-hybridized carbons (Fsp3) is 0.571. The van der Waals surface area contributed by atoms with E-state index in [1.54, 1.807) is 0 Å². The molecule has 1 saturated heterocycles. The van der Waals surface area contributed by atoms with E-state index >= 15 is 0 Å². The highest BCUT2D eigenvalue weighted by molar-refractivity contribution is 8.00. The molecule has 88 valence electrons. The van der Waals surface area contributed by atoms with Crippen LogP contribution in [0.25, 0.3) is 0 Å². The second-order valence-corrected chi connectivity index (χ2v) is 6.16. The van der Waals surface area contributed by atoms with E-state index in [4.69, 9.17) is 0 Å². The minimum Gasteiger partial charge on any atom is -0.317 e. The van der Waals surface area contributed by atoms with Gasteiger partial charge in [0.15, 0.2) is 0 Å². The van der Waals surface area contributed by atoms with Crippen molar-refractivity contribution in [3.8, 4) is 0 Å². The molecule has 2 rings (SSSR count). The Morgan fingerprint density at radius 3 is 2.31 bits per heavy atom. The highest BCUT2D eigenvalue weighted by Gasteiger charge is 2.13. The monoisotopic (exact) mass is 235 g/mol. The van der Waals surface area contributed by atoms with Gasteiger partial charge in [0, 0.05) is 10.1 Å². The number of thioether (sulfide) groups is 1. The number of nitrogens with one attached hydrogen (secondary N) is 1. The zero-order valence-corrected chi connectivity index (χ0v) is 11.0. The molecule has 1 aromatic carbocycles. The van der Waals surface area contributed by atoms with Gasteiger partial charge in [-0.1, -0.05) is 26.0 Å². The van der Waals surface area contributed by atoms with Gasteiger partial charge in [-0.2, -0.15) is 0 Å². The van der Waals surface area contributed by atoms with E-state index in [9.17, 15) is 0 Å². The van der Waals surface area contributed by atoms with Crippen LogP contribution < -0.4 is 5.32 Å². The fourth-order valence-corrected chi connectivity index (χ4v) is 3.19. The van der Waals surface area contributed by atoms with Crippen LogP contribution in [0.4, 0.5) is 0 Å². The number of piperidine rings is 1. The average molecular weight is 235 g/mol. The Kier molecular flexibility index (Phi) is 4.30. The van der Waals surface area contributed by atoms with Crippen molar-refractivity contribution in [2.24, 2.45) is 0 Å². The van der Waals surface area contributed by atoms with Crippen molar-refractivity contribution in [3.63, 3.8) is 0 Å². The van der Waals surface area contributed by atoms with Crippen LogP contribution in [0.3, 0.4) is 0 Å². The Balaban J connectivity index is 1.93. The first-order valence-electron chi connectivity index (χ1n) is 6.23. The Morgan fingerprint density at radius 1 is 1.12 bits per heavy atom. The van der Waals surface area contributed by atoms with Crippen molar-refractivity contribution in [1.29, 1.82) is 0 Å². The first-order chi connectivity index (χ1) is 7.75. The molecule has 1 fully saturated rings. The SMILES string of the molecule is CC(C)c1ccc(SC2CCNCC2)cc1. The lowest BCUT2D eigenvalue weighted by Gasteiger charge is -2.22. The van der Waals surface area contributed by atoms with E-state index in [1.807, 2.05) is 11.8 Å².